The van der Waals surface area contributed by atoms with Crippen LogP contribution in [0.15, 0.2) is 0 Å². The van der Waals surface area contributed by atoms with Crippen LogP contribution in [0.1, 0.15) is 25.7 Å². The highest BCUT2D eigenvalue weighted by atomic mass is 16.1. The van der Waals surface area contributed by atoms with E-state index in [9.17, 15) is 4.79 Å². The number of carbonyl (C=O) groups is 1. The first-order valence-corrected chi connectivity index (χ1v) is 3.14. The molecular weight excluding hydrogens is 100 g/mol. The van der Waals surface area contributed by atoms with Crippen molar-refractivity contribution >= 4 is 5.78 Å². The van der Waals surface area contributed by atoms with Crippen LogP contribution in [0.2, 0.25) is 0 Å². The third kappa shape index (κ3) is 1.32. The van der Waals surface area contributed by atoms with Crippen molar-refractivity contribution in [2.45, 2.75) is 25.7 Å². The number of hydrogen-bond acceptors (Lipinski definition) is 1. The summed E-state index contributed by atoms with van der Waals surface area (Å²) < 4.78 is 0. The van der Waals surface area contributed by atoms with Gasteiger partial charge in [0.05, 0.1) is 0 Å². The predicted octanol–water partition coefficient (Wildman–Crippen LogP) is 1.58. The second-order valence-corrected chi connectivity index (χ2v) is 2.48. The maximum atomic E-state index is 10.6. The summed E-state index contributed by atoms with van der Waals surface area (Å²) in [4.78, 5) is 10.6. The SMILES string of the molecule is [CH2]C1CCC(=O)CC1. The molecule has 1 saturated carbocycles. The van der Waals surface area contributed by atoms with Gasteiger partial charge in [0.25, 0.3) is 0 Å². The van der Waals surface area contributed by atoms with Crippen LogP contribution in [-0.4, -0.2) is 5.78 Å². The van der Waals surface area contributed by atoms with Crippen molar-refractivity contribution in [3.05, 3.63) is 6.92 Å². The Labute approximate surface area is 50.1 Å². The summed E-state index contributed by atoms with van der Waals surface area (Å²) in [5, 5.41) is 0. The molecular formula is C7H11O. The lowest BCUT2D eigenvalue weighted by molar-refractivity contribution is -0.120. The van der Waals surface area contributed by atoms with Crippen LogP contribution in [0.4, 0.5) is 0 Å². The summed E-state index contributed by atoms with van der Waals surface area (Å²) in [6, 6.07) is 0. The Bertz CT molecular complexity index is 86.6. The number of ketones is 1. The van der Waals surface area contributed by atoms with E-state index in [2.05, 4.69) is 6.92 Å². The maximum absolute atomic E-state index is 10.6. The van der Waals surface area contributed by atoms with E-state index in [1.807, 2.05) is 0 Å². The highest BCUT2D eigenvalue weighted by Crippen LogP contribution is 2.19. The van der Waals surface area contributed by atoms with Gasteiger partial charge in [0, 0.05) is 12.8 Å². The van der Waals surface area contributed by atoms with Crippen molar-refractivity contribution in [2.75, 3.05) is 0 Å². The quantitative estimate of drug-likeness (QED) is 0.464. The van der Waals surface area contributed by atoms with Crippen LogP contribution in [0.3, 0.4) is 0 Å². The number of carbonyl (C=O) groups excluding carboxylic acids is 1. The Morgan fingerprint density at radius 3 is 2.25 bits per heavy atom. The van der Waals surface area contributed by atoms with Crippen molar-refractivity contribution in [1.29, 1.82) is 0 Å². The minimum atomic E-state index is 0.421. The molecule has 1 nitrogen and oxygen atoms in total. The molecule has 1 aliphatic carbocycles. The van der Waals surface area contributed by atoms with Gasteiger partial charge in [-0.1, -0.05) is 6.92 Å². The topological polar surface area (TPSA) is 17.1 Å². The Hall–Kier alpha value is -0.330. The van der Waals surface area contributed by atoms with Gasteiger partial charge in [0.1, 0.15) is 5.78 Å². The third-order valence-electron chi connectivity index (χ3n) is 1.66. The van der Waals surface area contributed by atoms with E-state index in [4.69, 9.17) is 0 Å². The number of rotatable bonds is 0. The Balaban J connectivity index is 2.29. The molecule has 1 fully saturated rings. The molecule has 8 heavy (non-hydrogen) atoms. The van der Waals surface area contributed by atoms with Crippen LogP contribution < -0.4 is 0 Å². The van der Waals surface area contributed by atoms with Gasteiger partial charge in [0.15, 0.2) is 0 Å². The molecule has 0 N–H and O–H groups in total. The molecule has 0 spiro atoms. The smallest absolute Gasteiger partial charge is 0.132 e. The van der Waals surface area contributed by atoms with Gasteiger partial charge in [0.2, 0.25) is 0 Å². The van der Waals surface area contributed by atoms with Crippen molar-refractivity contribution in [3.63, 3.8) is 0 Å². The molecule has 0 atom stereocenters. The average Bonchev–Trinajstić information content (AvgIpc) is 1.77. The van der Waals surface area contributed by atoms with Crippen LogP contribution in [-0.2, 0) is 4.79 Å². The van der Waals surface area contributed by atoms with E-state index in [1.54, 1.807) is 0 Å². The fourth-order valence-corrected chi connectivity index (χ4v) is 1.000. The average molecular weight is 111 g/mol. The summed E-state index contributed by atoms with van der Waals surface area (Å²) >= 11 is 0. The van der Waals surface area contributed by atoms with Crippen molar-refractivity contribution < 1.29 is 4.79 Å². The summed E-state index contributed by atoms with van der Waals surface area (Å²) in [5.74, 6) is 0.970. The molecule has 45 valence electrons. The normalized spacial score (nSPS) is 23.9. The highest BCUT2D eigenvalue weighted by molar-refractivity contribution is 5.79. The van der Waals surface area contributed by atoms with Gasteiger partial charge in [-0.2, -0.15) is 0 Å². The summed E-state index contributed by atoms with van der Waals surface area (Å²) in [5.41, 5.74) is 0. The van der Waals surface area contributed by atoms with E-state index in [0.29, 0.717) is 11.7 Å². The predicted molar refractivity (Wildman–Crippen MR) is 32.3 cm³/mol. The molecule has 0 amide bonds. The zero-order chi connectivity index (χ0) is 5.98. The molecule has 1 radical (unpaired) electrons. The lowest BCUT2D eigenvalue weighted by Gasteiger charge is -2.14. The molecule has 0 bridgehead atoms. The minimum absolute atomic E-state index is 0.421. The number of Topliss-reactive ketones (excluding diaryl/α,β-unsaturated/α-hetero) is 1. The third-order valence-corrected chi connectivity index (χ3v) is 1.66. The van der Waals surface area contributed by atoms with Gasteiger partial charge in [-0.3, -0.25) is 4.79 Å². The molecule has 0 saturated heterocycles. The standard InChI is InChI=1S/C7H11O/c1-6-2-4-7(8)5-3-6/h6H,1-5H2. The van der Waals surface area contributed by atoms with Crippen LogP contribution in [0.5, 0.6) is 0 Å². The van der Waals surface area contributed by atoms with E-state index in [-0.39, 0.29) is 0 Å². The van der Waals surface area contributed by atoms with Crippen molar-refractivity contribution in [1.82, 2.24) is 0 Å². The fourth-order valence-electron chi connectivity index (χ4n) is 1.000. The zero-order valence-corrected chi connectivity index (χ0v) is 5.02. The molecule has 1 aliphatic rings. The molecule has 0 aromatic carbocycles. The summed E-state index contributed by atoms with van der Waals surface area (Å²) in [7, 11) is 0. The van der Waals surface area contributed by atoms with E-state index in [1.165, 1.54) is 0 Å². The van der Waals surface area contributed by atoms with Gasteiger partial charge < -0.3 is 0 Å². The molecule has 0 aromatic heterocycles. The van der Waals surface area contributed by atoms with Gasteiger partial charge >= 0.3 is 0 Å². The van der Waals surface area contributed by atoms with Gasteiger partial charge in [-0.15, -0.1) is 0 Å². The zero-order valence-electron chi connectivity index (χ0n) is 5.02. The van der Waals surface area contributed by atoms with Crippen LogP contribution in [0, 0.1) is 12.8 Å². The molecule has 1 heteroatoms. The van der Waals surface area contributed by atoms with Gasteiger partial charge in [-0.25, -0.2) is 0 Å². The second kappa shape index (κ2) is 2.29. The van der Waals surface area contributed by atoms with E-state index in [0.717, 1.165) is 25.7 Å². The van der Waals surface area contributed by atoms with Crippen molar-refractivity contribution in [2.24, 2.45) is 5.92 Å². The summed E-state index contributed by atoms with van der Waals surface area (Å²) in [6.45, 7) is 3.88. The molecule has 0 heterocycles. The first-order valence-electron chi connectivity index (χ1n) is 3.14. The lowest BCUT2D eigenvalue weighted by Crippen LogP contribution is -2.10. The maximum Gasteiger partial charge on any atom is 0.132 e. The minimum Gasteiger partial charge on any atom is -0.300 e. The molecule has 0 aromatic rings. The number of hydrogen-bond donors (Lipinski definition) is 0. The van der Waals surface area contributed by atoms with Crippen LogP contribution >= 0.6 is 0 Å². The van der Waals surface area contributed by atoms with E-state index >= 15 is 0 Å². The first-order chi connectivity index (χ1) is 3.79. The fraction of sp³-hybridized carbons (Fsp3) is 0.714. The Morgan fingerprint density at radius 2 is 1.88 bits per heavy atom. The monoisotopic (exact) mass is 111 g/mol. The highest BCUT2D eigenvalue weighted by Gasteiger charge is 2.13. The lowest BCUT2D eigenvalue weighted by atomic mass is 9.90. The molecule has 1 rings (SSSR count). The van der Waals surface area contributed by atoms with Gasteiger partial charge in [-0.05, 0) is 18.8 Å². The molecule has 0 aliphatic heterocycles. The largest absolute Gasteiger partial charge is 0.300 e. The first kappa shape index (κ1) is 5.80. The summed E-state index contributed by atoms with van der Waals surface area (Å²) in [6.07, 6.45) is 3.57. The van der Waals surface area contributed by atoms with Crippen molar-refractivity contribution in [3.8, 4) is 0 Å². The van der Waals surface area contributed by atoms with E-state index < -0.39 is 0 Å². The Kier molecular flexibility index (Phi) is 1.66. The molecule has 0 unspecified atom stereocenters. The van der Waals surface area contributed by atoms with Crippen LogP contribution in [0.25, 0.3) is 0 Å². The second-order valence-electron chi connectivity index (χ2n) is 2.48. The Morgan fingerprint density at radius 1 is 1.38 bits per heavy atom.